The van der Waals surface area contributed by atoms with E-state index >= 15 is 0 Å². The van der Waals surface area contributed by atoms with Crippen LogP contribution in [-0.4, -0.2) is 57.5 Å². The molecule has 0 unspecified atom stereocenters. The lowest BCUT2D eigenvalue weighted by atomic mass is 10.1. The van der Waals surface area contributed by atoms with E-state index in [2.05, 4.69) is 28.0 Å². The normalized spacial score (nSPS) is 13.7. The van der Waals surface area contributed by atoms with Gasteiger partial charge in [0.2, 0.25) is 5.75 Å². The first-order valence-corrected chi connectivity index (χ1v) is 11.8. The third kappa shape index (κ3) is 4.51. The van der Waals surface area contributed by atoms with Crippen molar-refractivity contribution in [2.24, 2.45) is 0 Å². The number of fused-ring (bicyclic) bond motifs is 1. The lowest BCUT2D eigenvalue weighted by molar-refractivity contribution is 0.324. The summed E-state index contributed by atoms with van der Waals surface area (Å²) in [5, 5.41) is 1.78. The molecule has 0 saturated carbocycles. The first-order chi connectivity index (χ1) is 17.1. The molecule has 5 rings (SSSR count). The van der Waals surface area contributed by atoms with E-state index in [0.29, 0.717) is 23.1 Å². The molecule has 0 bridgehead atoms. The van der Waals surface area contributed by atoms with Crippen molar-refractivity contribution < 1.29 is 14.2 Å². The van der Waals surface area contributed by atoms with E-state index in [-0.39, 0.29) is 0 Å². The summed E-state index contributed by atoms with van der Waals surface area (Å²) in [4.78, 5) is 14.6. The van der Waals surface area contributed by atoms with Crippen molar-refractivity contribution in [2.75, 3.05) is 57.3 Å². The maximum Gasteiger partial charge on any atom is 0.203 e. The molecule has 0 aliphatic carbocycles. The second kappa shape index (κ2) is 9.88. The van der Waals surface area contributed by atoms with Crippen LogP contribution in [0.15, 0.2) is 60.7 Å². The van der Waals surface area contributed by atoms with Crippen molar-refractivity contribution in [3.8, 4) is 28.6 Å². The summed E-state index contributed by atoms with van der Waals surface area (Å²) < 4.78 is 16.6. The highest BCUT2D eigenvalue weighted by Crippen LogP contribution is 2.41. The summed E-state index contributed by atoms with van der Waals surface area (Å²) in [5.41, 5.74) is 2.87. The van der Waals surface area contributed by atoms with E-state index in [1.54, 1.807) is 21.3 Å². The van der Waals surface area contributed by atoms with Gasteiger partial charge in [-0.1, -0.05) is 23.7 Å². The highest BCUT2D eigenvalue weighted by atomic mass is 35.5. The molecule has 3 aromatic carbocycles. The first kappa shape index (κ1) is 23.1. The van der Waals surface area contributed by atoms with Gasteiger partial charge in [0.1, 0.15) is 5.82 Å². The van der Waals surface area contributed by atoms with Crippen molar-refractivity contribution >= 4 is 34.0 Å². The molecular weight excluding hydrogens is 464 g/mol. The zero-order valence-electron chi connectivity index (χ0n) is 20.0. The van der Waals surface area contributed by atoms with E-state index in [0.717, 1.165) is 53.5 Å². The molecule has 0 radical (unpaired) electrons. The number of para-hydroxylation sites is 1. The number of nitrogens with zero attached hydrogens (tertiary/aromatic N) is 4. The highest BCUT2D eigenvalue weighted by molar-refractivity contribution is 6.30. The summed E-state index contributed by atoms with van der Waals surface area (Å²) in [6, 6.07) is 19.9. The number of methoxy groups -OCH3 is 3. The summed E-state index contributed by atoms with van der Waals surface area (Å²) in [6.45, 7) is 3.47. The molecule has 0 atom stereocenters. The van der Waals surface area contributed by atoms with Crippen LogP contribution in [0.25, 0.3) is 22.3 Å². The Kier molecular flexibility index (Phi) is 6.51. The average molecular weight is 491 g/mol. The van der Waals surface area contributed by atoms with E-state index in [1.807, 2.05) is 42.5 Å². The average Bonchev–Trinajstić information content (AvgIpc) is 2.92. The van der Waals surface area contributed by atoms with Crippen molar-refractivity contribution in [1.29, 1.82) is 0 Å². The predicted octanol–water partition coefficient (Wildman–Crippen LogP) is 5.30. The molecule has 7 nitrogen and oxygen atoms in total. The van der Waals surface area contributed by atoms with E-state index < -0.39 is 0 Å². The molecule has 0 spiro atoms. The molecule has 1 aromatic heterocycles. The van der Waals surface area contributed by atoms with Gasteiger partial charge in [-0.05, 0) is 48.5 Å². The third-order valence-electron chi connectivity index (χ3n) is 6.28. The Balaban J connectivity index is 1.51. The van der Waals surface area contributed by atoms with Crippen LogP contribution in [0.5, 0.6) is 17.2 Å². The van der Waals surface area contributed by atoms with Gasteiger partial charge >= 0.3 is 0 Å². The minimum atomic E-state index is 0.540. The molecule has 35 heavy (non-hydrogen) atoms. The maximum atomic E-state index is 6.07. The SMILES string of the molecule is COc1cc(-c2nc(N3CCN(c4ccc(Cl)cc4)CC3)c3ccccc3n2)cc(OC)c1OC. The molecule has 4 aromatic rings. The standard InChI is InChI=1S/C27H27ClN4O3/c1-33-23-16-18(17-24(34-2)25(23)35-3)26-29-22-7-5-4-6-21(22)27(30-26)32-14-12-31(13-15-32)20-10-8-19(28)9-11-20/h4-11,16-17H,12-15H2,1-3H3. The number of piperazine rings is 1. The summed E-state index contributed by atoms with van der Waals surface area (Å²) in [7, 11) is 4.80. The monoisotopic (exact) mass is 490 g/mol. The summed E-state index contributed by atoms with van der Waals surface area (Å²) in [6.07, 6.45) is 0. The number of benzene rings is 3. The van der Waals surface area contributed by atoms with Gasteiger partial charge in [0.25, 0.3) is 0 Å². The fourth-order valence-corrected chi connectivity index (χ4v) is 4.59. The van der Waals surface area contributed by atoms with Crippen LogP contribution in [0.3, 0.4) is 0 Å². The van der Waals surface area contributed by atoms with Gasteiger partial charge < -0.3 is 24.0 Å². The van der Waals surface area contributed by atoms with Gasteiger partial charge in [-0.25, -0.2) is 9.97 Å². The predicted molar refractivity (Wildman–Crippen MR) is 141 cm³/mol. The minimum Gasteiger partial charge on any atom is -0.493 e. The van der Waals surface area contributed by atoms with Gasteiger partial charge in [0, 0.05) is 47.8 Å². The van der Waals surface area contributed by atoms with Crippen molar-refractivity contribution in [3.05, 3.63) is 65.7 Å². The quantitative estimate of drug-likeness (QED) is 0.363. The van der Waals surface area contributed by atoms with Crippen LogP contribution in [-0.2, 0) is 0 Å². The molecular formula is C27H27ClN4O3. The highest BCUT2D eigenvalue weighted by Gasteiger charge is 2.22. The van der Waals surface area contributed by atoms with Crippen molar-refractivity contribution in [2.45, 2.75) is 0 Å². The Morgan fingerprint density at radius 1 is 0.743 bits per heavy atom. The molecule has 1 saturated heterocycles. The zero-order chi connectivity index (χ0) is 24.4. The lowest BCUT2D eigenvalue weighted by Gasteiger charge is -2.37. The van der Waals surface area contributed by atoms with E-state index in [1.165, 1.54) is 5.69 Å². The number of hydrogen-bond acceptors (Lipinski definition) is 7. The third-order valence-corrected chi connectivity index (χ3v) is 6.53. The minimum absolute atomic E-state index is 0.540. The van der Waals surface area contributed by atoms with Gasteiger partial charge in [0.15, 0.2) is 17.3 Å². The van der Waals surface area contributed by atoms with Crippen LogP contribution in [0.4, 0.5) is 11.5 Å². The van der Waals surface area contributed by atoms with Gasteiger partial charge in [-0.2, -0.15) is 0 Å². The Morgan fingerprint density at radius 3 is 2.00 bits per heavy atom. The summed E-state index contributed by atoms with van der Waals surface area (Å²) in [5.74, 6) is 3.21. The lowest BCUT2D eigenvalue weighted by Crippen LogP contribution is -2.47. The maximum absolute atomic E-state index is 6.07. The van der Waals surface area contributed by atoms with Gasteiger partial charge in [0.05, 0.1) is 26.8 Å². The molecule has 2 heterocycles. The topological polar surface area (TPSA) is 60.0 Å². The van der Waals surface area contributed by atoms with E-state index in [4.69, 9.17) is 35.8 Å². The Bertz CT molecular complexity index is 1310. The van der Waals surface area contributed by atoms with Crippen molar-refractivity contribution in [3.63, 3.8) is 0 Å². The number of ether oxygens (including phenoxy) is 3. The van der Waals surface area contributed by atoms with Crippen LogP contribution < -0.4 is 24.0 Å². The Hall–Kier alpha value is -3.71. The smallest absolute Gasteiger partial charge is 0.203 e. The Morgan fingerprint density at radius 2 is 1.37 bits per heavy atom. The fraction of sp³-hybridized carbons (Fsp3) is 0.259. The van der Waals surface area contributed by atoms with Crippen LogP contribution >= 0.6 is 11.6 Å². The number of halogens is 1. The second-order valence-electron chi connectivity index (χ2n) is 8.25. The first-order valence-electron chi connectivity index (χ1n) is 11.4. The number of hydrogen-bond donors (Lipinski definition) is 0. The van der Waals surface area contributed by atoms with E-state index in [9.17, 15) is 0 Å². The molecule has 0 N–H and O–H groups in total. The summed E-state index contributed by atoms with van der Waals surface area (Å²) >= 11 is 6.07. The molecule has 1 fully saturated rings. The number of rotatable bonds is 6. The second-order valence-corrected chi connectivity index (χ2v) is 8.69. The molecule has 8 heteroatoms. The fourth-order valence-electron chi connectivity index (χ4n) is 4.47. The molecule has 0 amide bonds. The number of aromatic nitrogens is 2. The molecule has 1 aliphatic rings. The number of anilines is 2. The van der Waals surface area contributed by atoms with Gasteiger partial charge in [-0.15, -0.1) is 0 Å². The largest absolute Gasteiger partial charge is 0.493 e. The molecule has 180 valence electrons. The van der Waals surface area contributed by atoms with Crippen LogP contribution in [0, 0.1) is 0 Å². The molecule has 1 aliphatic heterocycles. The van der Waals surface area contributed by atoms with Crippen molar-refractivity contribution in [1.82, 2.24) is 9.97 Å². The zero-order valence-corrected chi connectivity index (χ0v) is 20.7. The van der Waals surface area contributed by atoms with Gasteiger partial charge in [-0.3, -0.25) is 0 Å². The Labute approximate surface area is 209 Å². The van der Waals surface area contributed by atoms with Crippen LogP contribution in [0.1, 0.15) is 0 Å². The van der Waals surface area contributed by atoms with Crippen LogP contribution in [0.2, 0.25) is 5.02 Å².